The molecule has 8 heteroatoms. The summed E-state index contributed by atoms with van der Waals surface area (Å²) in [6.07, 6.45) is 0.418. The van der Waals surface area contributed by atoms with Crippen LogP contribution < -0.4 is 16.0 Å². The average molecular weight is 355 g/mol. The molecule has 0 aromatic carbocycles. The highest BCUT2D eigenvalue weighted by atomic mass is 16.6. The molecule has 1 fully saturated rings. The fourth-order valence-electron chi connectivity index (χ4n) is 2.60. The number of alkyl carbamates (subject to hydrolysis) is 1. The van der Waals surface area contributed by atoms with Gasteiger partial charge in [0.05, 0.1) is 11.5 Å². The quantitative estimate of drug-likeness (QED) is 0.515. The number of nitrogens with zero attached hydrogens (tertiary/aromatic N) is 2. The lowest BCUT2D eigenvalue weighted by molar-refractivity contribution is -0.128. The first-order valence-electron chi connectivity index (χ1n) is 8.66. The number of carbonyl (C=O) groups excluding carboxylic acids is 2. The van der Waals surface area contributed by atoms with Crippen LogP contribution in [0.2, 0.25) is 0 Å². The van der Waals surface area contributed by atoms with E-state index in [9.17, 15) is 9.59 Å². The van der Waals surface area contributed by atoms with Crippen LogP contribution in [0.15, 0.2) is 4.99 Å². The van der Waals surface area contributed by atoms with Crippen molar-refractivity contribution < 1.29 is 14.3 Å². The van der Waals surface area contributed by atoms with Gasteiger partial charge in [0.1, 0.15) is 5.60 Å². The number of hydrogen-bond donors (Lipinski definition) is 3. The van der Waals surface area contributed by atoms with Crippen molar-refractivity contribution in [3.05, 3.63) is 0 Å². The molecule has 25 heavy (non-hydrogen) atoms. The Hall–Kier alpha value is -1.99. The molecule has 144 valence electrons. The van der Waals surface area contributed by atoms with Gasteiger partial charge in [0, 0.05) is 33.7 Å². The highest BCUT2D eigenvalue weighted by Crippen LogP contribution is 2.15. The number of aliphatic imine (C=N–C) groups is 1. The maximum Gasteiger partial charge on any atom is 0.407 e. The monoisotopic (exact) mass is 355 g/mol. The Morgan fingerprint density at radius 3 is 2.40 bits per heavy atom. The number of likely N-dealkylation sites (tertiary alicyclic amines) is 1. The van der Waals surface area contributed by atoms with E-state index in [1.54, 1.807) is 14.1 Å². The van der Waals surface area contributed by atoms with E-state index in [1.165, 1.54) is 0 Å². The molecule has 1 aliphatic rings. The van der Waals surface area contributed by atoms with Crippen molar-refractivity contribution in [2.24, 2.45) is 10.4 Å². The van der Waals surface area contributed by atoms with Gasteiger partial charge in [-0.25, -0.2) is 4.79 Å². The lowest BCUT2D eigenvalue weighted by Crippen LogP contribution is -2.49. The van der Waals surface area contributed by atoms with Gasteiger partial charge < -0.3 is 25.6 Å². The second-order valence-corrected chi connectivity index (χ2v) is 7.94. The Bertz CT molecular complexity index is 511. The van der Waals surface area contributed by atoms with Crippen LogP contribution in [0.3, 0.4) is 0 Å². The van der Waals surface area contributed by atoms with E-state index >= 15 is 0 Å². The Morgan fingerprint density at radius 1 is 1.24 bits per heavy atom. The van der Waals surface area contributed by atoms with Crippen molar-refractivity contribution in [3.63, 3.8) is 0 Å². The standard InChI is InChI=1S/C17H33N5O3/c1-16(2,3)25-15(24)21-12-8-9-22(10-12)14(19-7)20-11-17(4,5)13(23)18-6/h12H,8-11H2,1-7H3,(H,18,23)(H,19,20)(H,21,24). The number of guanidine groups is 1. The molecular weight excluding hydrogens is 322 g/mol. The minimum absolute atomic E-state index is 0.0142. The molecule has 1 aliphatic heterocycles. The second kappa shape index (κ2) is 8.40. The minimum Gasteiger partial charge on any atom is -0.444 e. The van der Waals surface area contributed by atoms with Crippen LogP contribution in [0.25, 0.3) is 0 Å². The van der Waals surface area contributed by atoms with E-state index in [0.717, 1.165) is 18.9 Å². The number of ether oxygens (including phenoxy) is 1. The molecule has 0 aromatic heterocycles. The highest BCUT2D eigenvalue weighted by molar-refractivity contribution is 5.84. The number of rotatable bonds is 4. The van der Waals surface area contributed by atoms with Crippen molar-refractivity contribution >= 4 is 18.0 Å². The van der Waals surface area contributed by atoms with Gasteiger partial charge in [-0.1, -0.05) is 0 Å². The topological polar surface area (TPSA) is 95.1 Å². The molecule has 1 heterocycles. The van der Waals surface area contributed by atoms with Gasteiger partial charge in [0.15, 0.2) is 5.96 Å². The van der Waals surface area contributed by atoms with E-state index in [0.29, 0.717) is 13.1 Å². The largest absolute Gasteiger partial charge is 0.444 e. The summed E-state index contributed by atoms with van der Waals surface area (Å²) in [6, 6.07) is 0.0142. The molecule has 1 rings (SSSR count). The third-order valence-corrected chi connectivity index (χ3v) is 3.95. The fraction of sp³-hybridized carbons (Fsp3) is 0.824. The minimum atomic E-state index is -0.543. The van der Waals surface area contributed by atoms with E-state index in [2.05, 4.69) is 25.8 Å². The molecule has 1 atom stereocenters. The molecule has 1 unspecified atom stereocenters. The summed E-state index contributed by atoms with van der Waals surface area (Å²) in [4.78, 5) is 30.1. The zero-order valence-corrected chi connectivity index (χ0v) is 16.5. The highest BCUT2D eigenvalue weighted by Gasteiger charge is 2.30. The van der Waals surface area contributed by atoms with Gasteiger partial charge in [0.2, 0.25) is 5.91 Å². The summed E-state index contributed by atoms with van der Waals surface area (Å²) < 4.78 is 5.29. The molecule has 0 bridgehead atoms. The summed E-state index contributed by atoms with van der Waals surface area (Å²) in [5.74, 6) is 0.701. The molecule has 0 saturated carbocycles. The molecule has 1 saturated heterocycles. The molecule has 0 aromatic rings. The Labute approximate surface area is 150 Å². The molecule has 3 N–H and O–H groups in total. The molecular formula is C17H33N5O3. The van der Waals surface area contributed by atoms with Crippen molar-refractivity contribution in [1.29, 1.82) is 0 Å². The average Bonchev–Trinajstić information content (AvgIpc) is 2.93. The third-order valence-electron chi connectivity index (χ3n) is 3.95. The van der Waals surface area contributed by atoms with E-state index in [1.807, 2.05) is 34.6 Å². The lowest BCUT2D eigenvalue weighted by atomic mass is 9.92. The summed E-state index contributed by atoms with van der Waals surface area (Å²) in [7, 11) is 3.34. The third kappa shape index (κ3) is 6.80. The summed E-state index contributed by atoms with van der Waals surface area (Å²) in [6.45, 7) is 11.2. The van der Waals surface area contributed by atoms with Gasteiger partial charge in [-0.05, 0) is 41.0 Å². The van der Waals surface area contributed by atoms with Crippen LogP contribution >= 0.6 is 0 Å². The van der Waals surface area contributed by atoms with Crippen LogP contribution in [-0.4, -0.2) is 68.2 Å². The summed E-state index contributed by atoms with van der Waals surface area (Å²) in [5, 5.41) is 8.81. The normalized spacial score (nSPS) is 18.8. The number of amides is 2. The molecule has 0 radical (unpaired) electrons. The maximum atomic E-state index is 11.9. The molecule has 0 aliphatic carbocycles. The Balaban J connectivity index is 2.53. The van der Waals surface area contributed by atoms with Crippen LogP contribution in [-0.2, 0) is 9.53 Å². The summed E-state index contributed by atoms with van der Waals surface area (Å²) in [5.41, 5.74) is -1.05. The number of nitrogens with one attached hydrogen (secondary N) is 3. The van der Waals surface area contributed by atoms with Gasteiger partial charge >= 0.3 is 6.09 Å². The van der Waals surface area contributed by atoms with Crippen molar-refractivity contribution in [3.8, 4) is 0 Å². The Morgan fingerprint density at radius 2 is 1.88 bits per heavy atom. The molecule has 8 nitrogen and oxygen atoms in total. The van der Waals surface area contributed by atoms with Gasteiger partial charge in [0.25, 0.3) is 0 Å². The van der Waals surface area contributed by atoms with Crippen LogP contribution in [0.1, 0.15) is 41.0 Å². The SMILES string of the molecule is CN=C(NCC(C)(C)C(=O)NC)N1CCC(NC(=O)OC(C)(C)C)C1. The molecule has 0 spiro atoms. The van der Waals surface area contributed by atoms with E-state index in [4.69, 9.17) is 4.74 Å². The zero-order chi connectivity index (χ0) is 19.3. The van der Waals surface area contributed by atoms with Crippen LogP contribution in [0.5, 0.6) is 0 Å². The molecule has 2 amide bonds. The van der Waals surface area contributed by atoms with Crippen LogP contribution in [0, 0.1) is 5.41 Å². The van der Waals surface area contributed by atoms with Gasteiger partial charge in [-0.2, -0.15) is 0 Å². The first kappa shape index (κ1) is 21.1. The maximum absolute atomic E-state index is 11.9. The number of carbonyl (C=O) groups is 2. The predicted octanol–water partition coefficient (Wildman–Crippen LogP) is 0.933. The van der Waals surface area contributed by atoms with Gasteiger partial charge in [-0.15, -0.1) is 0 Å². The number of hydrogen-bond acceptors (Lipinski definition) is 4. The zero-order valence-electron chi connectivity index (χ0n) is 16.5. The van der Waals surface area contributed by atoms with Crippen molar-refractivity contribution in [2.75, 3.05) is 33.7 Å². The second-order valence-electron chi connectivity index (χ2n) is 7.94. The van der Waals surface area contributed by atoms with Crippen molar-refractivity contribution in [1.82, 2.24) is 20.9 Å². The first-order chi connectivity index (χ1) is 11.5. The summed E-state index contributed by atoms with van der Waals surface area (Å²) >= 11 is 0. The lowest BCUT2D eigenvalue weighted by Gasteiger charge is -2.27. The Kier molecular flexibility index (Phi) is 7.07. The predicted molar refractivity (Wildman–Crippen MR) is 98.6 cm³/mol. The van der Waals surface area contributed by atoms with E-state index < -0.39 is 17.1 Å². The van der Waals surface area contributed by atoms with E-state index in [-0.39, 0.29) is 11.9 Å². The first-order valence-corrected chi connectivity index (χ1v) is 8.66. The van der Waals surface area contributed by atoms with Crippen LogP contribution in [0.4, 0.5) is 4.79 Å². The van der Waals surface area contributed by atoms with Gasteiger partial charge in [-0.3, -0.25) is 9.79 Å². The van der Waals surface area contributed by atoms with Crippen molar-refractivity contribution in [2.45, 2.75) is 52.7 Å². The fourth-order valence-corrected chi connectivity index (χ4v) is 2.60. The smallest absolute Gasteiger partial charge is 0.407 e.